The first-order valence-corrected chi connectivity index (χ1v) is 9.86. The maximum atomic E-state index is 12.4. The number of piperazine rings is 1. The highest BCUT2D eigenvalue weighted by Gasteiger charge is 2.27. The highest BCUT2D eigenvalue weighted by atomic mass is 32.1. The molecular weight excluding hydrogens is 362 g/mol. The van der Waals surface area contributed by atoms with Crippen molar-refractivity contribution in [1.29, 1.82) is 0 Å². The predicted molar refractivity (Wildman–Crippen MR) is 106 cm³/mol. The number of carbonyl (C=O) groups excluding carboxylic acids is 1. The van der Waals surface area contributed by atoms with Crippen LogP contribution in [0.5, 0.6) is 0 Å². The molecule has 8 heteroatoms. The van der Waals surface area contributed by atoms with Crippen molar-refractivity contribution >= 4 is 33.3 Å². The van der Waals surface area contributed by atoms with Crippen molar-refractivity contribution < 1.29 is 9.21 Å². The van der Waals surface area contributed by atoms with Gasteiger partial charge in [-0.2, -0.15) is 0 Å². The summed E-state index contributed by atoms with van der Waals surface area (Å²) >= 11 is 1.66. The Hall–Kier alpha value is -2.45. The van der Waals surface area contributed by atoms with Crippen molar-refractivity contribution in [2.24, 2.45) is 0 Å². The molecule has 142 valence electrons. The van der Waals surface area contributed by atoms with Crippen molar-refractivity contribution in [2.75, 3.05) is 31.9 Å². The van der Waals surface area contributed by atoms with Crippen molar-refractivity contribution in [2.45, 2.75) is 26.8 Å². The number of fused-ring (bicyclic) bond motifs is 1. The normalized spacial score (nSPS) is 16.8. The molecule has 1 aliphatic heterocycles. The van der Waals surface area contributed by atoms with Crippen LogP contribution in [0.15, 0.2) is 23.0 Å². The Morgan fingerprint density at radius 2 is 2.00 bits per heavy atom. The lowest BCUT2D eigenvalue weighted by Crippen LogP contribution is -2.49. The minimum absolute atomic E-state index is 0.0162. The smallest absolute Gasteiger partial charge is 0.257 e. The van der Waals surface area contributed by atoms with Crippen LogP contribution in [0, 0.1) is 13.8 Å². The summed E-state index contributed by atoms with van der Waals surface area (Å²) in [5.74, 6) is 1.32. The Morgan fingerprint density at radius 3 is 2.67 bits per heavy atom. The Balaban J connectivity index is 1.49. The Morgan fingerprint density at radius 1 is 1.26 bits per heavy atom. The molecule has 4 rings (SSSR count). The van der Waals surface area contributed by atoms with Gasteiger partial charge in [0.05, 0.1) is 23.3 Å². The molecule has 0 saturated carbocycles. The minimum atomic E-state index is 0.0162. The number of aryl methyl sites for hydroxylation is 2. The van der Waals surface area contributed by atoms with Crippen molar-refractivity contribution in [1.82, 2.24) is 19.8 Å². The molecule has 0 aliphatic carbocycles. The SMILES string of the molecule is Cc1sc2nc([C@@H](C)N3CCN(C(=O)c4ccoc4)CC3)nc(N)c2c1C. The number of furan rings is 1. The van der Waals surface area contributed by atoms with E-state index in [-0.39, 0.29) is 11.9 Å². The third kappa shape index (κ3) is 3.19. The van der Waals surface area contributed by atoms with Crippen LogP contribution in [-0.4, -0.2) is 51.9 Å². The molecule has 0 spiro atoms. The Bertz CT molecular complexity index is 974. The standard InChI is InChI=1S/C19H23N5O2S/c1-11-13(3)27-18-15(11)16(20)21-17(22-18)12(2)23-5-7-24(8-6-23)19(25)14-4-9-26-10-14/h4,9-10,12H,5-8H2,1-3H3,(H2,20,21,22)/t12-/m1/s1. The molecule has 1 saturated heterocycles. The highest BCUT2D eigenvalue weighted by Crippen LogP contribution is 2.33. The van der Waals surface area contributed by atoms with E-state index in [1.807, 2.05) is 4.90 Å². The van der Waals surface area contributed by atoms with Crippen LogP contribution in [0.3, 0.4) is 0 Å². The molecule has 0 aromatic carbocycles. The van der Waals surface area contributed by atoms with Gasteiger partial charge in [0.25, 0.3) is 5.91 Å². The maximum absolute atomic E-state index is 12.4. The van der Waals surface area contributed by atoms with Crippen LogP contribution in [-0.2, 0) is 0 Å². The summed E-state index contributed by atoms with van der Waals surface area (Å²) in [5.41, 5.74) is 7.99. The fourth-order valence-electron chi connectivity index (χ4n) is 3.53. The van der Waals surface area contributed by atoms with Gasteiger partial charge in [0.1, 0.15) is 22.7 Å². The summed E-state index contributed by atoms with van der Waals surface area (Å²) in [6.45, 7) is 9.13. The Labute approximate surface area is 161 Å². The van der Waals surface area contributed by atoms with Crippen molar-refractivity contribution in [3.8, 4) is 0 Å². The topological polar surface area (TPSA) is 88.5 Å². The predicted octanol–water partition coefficient (Wildman–Crippen LogP) is 3.00. The van der Waals surface area contributed by atoms with E-state index in [0.717, 1.165) is 34.7 Å². The number of hydrogen-bond donors (Lipinski definition) is 1. The van der Waals surface area contributed by atoms with Gasteiger partial charge in [-0.05, 0) is 32.4 Å². The van der Waals surface area contributed by atoms with Gasteiger partial charge in [-0.1, -0.05) is 0 Å². The number of thiophene rings is 1. The van der Waals surface area contributed by atoms with Gasteiger partial charge in [-0.15, -0.1) is 11.3 Å². The molecule has 0 unspecified atom stereocenters. The first kappa shape index (κ1) is 17.9. The average molecular weight is 385 g/mol. The largest absolute Gasteiger partial charge is 0.472 e. The average Bonchev–Trinajstić information content (AvgIpc) is 3.29. The third-order valence-electron chi connectivity index (χ3n) is 5.36. The summed E-state index contributed by atoms with van der Waals surface area (Å²) in [5, 5.41) is 0.976. The van der Waals surface area contributed by atoms with Gasteiger partial charge < -0.3 is 15.1 Å². The second-order valence-electron chi connectivity index (χ2n) is 6.95. The second kappa shape index (κ2) is 6.94. The monoisotopic (exact) mass is 385 g/mol. The van der Waals surface area contributed by atoms with Gasteiger partial charge in [0, 0.05) is 31.1 Å². The molecule has 3 aromatic heterocycles. The second-order valence-corrected chi connectivity index (χ2v) is 8.15. The van der Waals surface area contributed by atoms with Crippen LogP contribution in [0.2, 0.25) is 0 Å². The maximum Gasteiger partial charge on any atom is 0.257 e. The van der Waals surface area contributed by atoms with Crippen LogP contribution < -0.4 is 5.73 Å². The van der Waals surface area contributed by atoms with Crippen molar-refractivity contribution in [3.05, 3.63) is 40.4 Å². The zero-order valence-corrected chi connectivity index (χ0v) is 16.5. The number of hydrogen-bond acceptors (Lipinski definition) is 7. The van der Waals surface area contributed by atoms with Crippen LogP contribution in [0.1, 0.15) is 39.6 Å². The summed E-state index contributed by atoms with van der Waals surface area (Å²) < 4.78 is 5.01. The summed E-state index contributed by atoms with van der Waals surface area (Å²) in [7, 11) is 0. The van der Waals surface area contributed by atoms with E-state index in [1.54, 1.807) is 17.4 Å². The molecule has 27 heavy (non-hydrogen) atoms. The lowest BCUT2D eigenvalue weighted by atomic mass is 10.1. The minimum Gasteiger partial charge on any atom is -0.472 e. The number of rotatable bonds is 3. The number of nitrogen functional groups attached to an aromatic ring is 1. The van der Waals surface area contributed by atoms with E-state index in [9.17, 15) is 4.79 Å². The summed E-state index contributed by atoms with van der Waals surface area (Å²) in [4.78, 5) is 28.1. The molecular formula is C19H23N5O2S. The molecule has 0 bridgehead atoms. The fraction of sp³-hybridized carbons (Fsp3) is 0.421. The number of nitrogens with zero attached hydrogens (tertiary/aromatic N) is 4. The number of amides is 1. The highest BCUT2D eigenvalue weighted by molar-refractivity contribution is 7.18. The lowest BCUT2D eigenvalue weighted by Gasteiger charge is -2.37. The molecule has 7 nitrogen and oxygen atoms in total. The van der Waals surface area contributed by atoms with Crippen LogP contribution >= 0.6 is 11.3 Å². The molecule has 4 heterocycles. The lowest BCUT2D eigenvalue weighted by molar-refractivity contribution is 0.0575. The third-order valence-corrected chi connectivity index (χ3v) is 6.47. The number of carbonyl (C=O) groups is 1. The van der Waals surface area contributed by atoms with Gasteiger partial charge in [-0.3, -0.25) is 9.69 Å². The van der Waals surface area contributed by atoms with Gasteiger partial charge in [0.15, 0.2) is 0 Å². The fourth-order valence-corrected chi connectivity index (χ4v) is 4.57. The molecule has 1 amide bonds. The summed E-state index contributed by atoms with van der Waals surface area (Å²) in [6, 6.07) is 1.75. The van der Waals surface area contributed by atoms with E-state index in [0.29, 0.717) is 24.5 Å². The van der Waals surface area contributed by atoms with Gasteiger partial charge >= 0.3 is 0 Å². The van der Waals surface area contributed by atoms with E-state index in [2.05, 4.69) is 30.7 Å². The zero-order chi connectivity index (χ0) is 19.1. The van der Waals surface area contributed by atoms with E-state index >= 15 is 0 Å². The first-order chi connectivity index (χ1) is 13.0. The molecule has 0 radical (unpaired) electrons. The number of anilines is 1. The van der Waals surface area contributed by atoms with Crippen LogP contribution in [0.25, 0.3) is 10.2 Å². The van der Waals surface area contributed by atoms with E-state index in [4.69, 9.17) is 15.1 Å². The van der Waals surface area contributed by atoms with E-state index in [1.165, 1.54) is 17.4 Å². The molecule has 1 aliphatic rings. The molecule has 3 aromatic rings. The molecule has 2 N–H and O–H groups in total. The first-order valence-electron chi connectivity index (χ1n) is 9.04. The Kier molecular flexibility index (Phi) is 4.61. The van der Waals surface area contributed by atoms with Crippen LogP contribution in [0.4, 0.5) is 5.82 Å². The summed E-state index contributed by atoms with van der Waals surface area (Å²) in [6.07, 6.45) is 3.02. The molecule has 1 fully saturated rings. The quantitative estimate of drug-likeness (QED) is 0.746. The van der Waals surface area contributed by atoms with Gasteiger partial charge in [0.2, 0.25) is 0 Å². The number of aromatic nitrogens is 2. The zero-order valence-electron chi connectivity index (χ0n) is 15.7. The molecule has 1 atom stereocenters. The number of nitrogens with two attached hydrogens (primary N) is 1. The van der Waals surface area contributed by atoms with Gasteiger partial charge in [-0.25, -0.2) is 9.97 Å². The van der Waals surface area contributed by atoms with Crippen molar-refractivity contribution in [3.63, 3.8) is 0 Å². The van der Waals surface area contributed by atoms with E-state index < -0.39 is 0 Å².